The molecule has 2 atom stereocenters. The molecule has 1 fully saturated rings. The van der Waals surface area contributed by atoms with Gasteiger partial charge in [0.05, 0.1) is 6.42 Å². The third-order valence-corrected chi connectivity index (χ3v) is 5.31. The fraction of sp³-hybridized carbons (Fsp3) is 0.900. The Kier molecular flexibility index (Phi) is 6.89. The lowest BCUT2D eigenvalue weighted by Gasteiger charge is -2.44. The van der Waals surface area contributed by atoms with E-state index in [1.54, 1.807) is 0 Å². The Balaban J connectivity index is 2.51. The molecule has 0 heterocycles. The van der Waals surface area contributed by atoms with E-state index in [1.807, 2.05) is 34.6 Å². The number of carbonyl (C=O) groups is 2. The molecule has 1 saturated carbocycles. The summed E-state index contributed by atoms with van der Waals surface area (Å²) in [5, 5.41) is 0. The highest BCUT2D eigenvalue weighted by atomic mass is 16.6. The second kappa shape index (κ2) is 7.88. The first kappa shape index (κ1) is 21.0. The largest absolute Gasteiger partial charge is 0.457 e. The summed E-state index contributed by atoms with van der Waals surface area (Å²) in [6.45, 7) is 14.1. The highest BCUT2D eigenvalue weighted by Crippen LogP contribution is 2.46. The van der Waals surface area contributed by atoms with Gasteiger partial charge in [-0.1, -0.05) is 47.5 Å². The molecule has 0 bridgehead atoms. The molecule has 24 heavy (non-hydrogen) atoms. The molecule has 4 heteroatoms. The van der Waals surface area contributed by atoms with E-state index in [-0.39, 0.29) is 18.0 Å². The topological polar surface area (TPSA) is 52.6 Å². The zero-order valence-corrected chi connectivity index (χ0v) is 16.7. The number of hydrogen-bond donors (Lipinski definition) is 0. The van der Waals surface area contributed by atoms with Crippen molar-refractivity contribution in [3.05, 3.63) is 0 Å². The van der Waals surface area contributed by atoms with Gasteiger partial charge in [-0.3, -0.25) is 4.79 Å². The van der Waals surface area contributed by atoms with Crippen LogP contribution in [-0.2, 0) is 19.1 Å². The molecule has 1 rings (SSSR count). The smallest absolute Gasteiger partial charge is 0.344 e. The van der Waals surface area contributed by atoms with Crippen LogP contribution in [0.4, 0.5) is 0 Å². The van der Waals surface area contributed by atoms with Gasteiger partial charge in [0.25, 0.3) is 0 Å². The van der Waals surface area contributed by atoms with E-state index < -0.39 is 11.6 Å². The zero-order chi connectivity index (χ0) is 18.6. The number of hydrogen-bond acceptors (Lipinski definition) is 4. The van der Waals surface area contributed by atoms with Crippen LogP contribution in [0.3, 0.4) is 0 Å². The van der Waals surface area contributed by atoms with E-state index in [0.717, 1.165) is 19.3 Å². The minimum atomic E-state index is -0.523. The van der Waals surface area contributed by atoms with Crippen LogP contribution in [0.1, 0.15) is 87.0 Å². The number of esters is 2. The molecule has 4 nitrogen and oxygen atoms in total. The van der Waals surface area contributed by atoms with Crippen LogP contribution < -0.4 is 0 Å². The lowest BCUT2D eigenvalue weighted by molar-refractivity contribution is -0.174. The van der Waals surface area contributed by atoms with Crippen LogP contribution in [0, 0.1) is 16.7 Å². The van der Waals surface area contributed by atoms with Gasteiger partial charge in [-0.2, -0.15) is 0 Å². The van der Waals surface area contributed by atoms with Crippen molar-refractivity contribution in [3.63, 3.8) is 0 Å². The van der Waals surface area contributed by atoms with Crippen LogP contribution in [0.15, 0.2) is 0 Å². The molecule has 0 N–H and O–H groups in total. The summed E-state index contributed by atoms with van der Waals surface area (Å²) in [6.07, 6.45) is 6.03. The quantitative estimate of drug-likeness (QED) is 0.646. The minimum absolute atomic E-state index is 0.146. The fourth-order valence-corrected chi connectivity index (χ4v) is 3.52. The van der Waals surface area contributed by atoms with Crippen molar-refractivity contribution in [1.82, 2.24) is 0 Å². The summed E-state index contributed by atoms with van der Waals surface area (Å²) >= 11 is 0. The first-order chi connectivity index (χ1) is 10.9. The minimum Gasteiger partial charge on any atom is -0.457 e. The van der Waals surface area contributed by atoms with E-state index >= 15 is 0 Å². The van der Waals surface area contributed by atoms with Crippen LogP contribution >= 0.6 is 0 Å². The van der Waals surface area contributed by atoms with Crippen LogP contribution in [0.5, 0.6) is 0 Å². The summed E-state index contributed by atoms with van der Waals surface area (Å²) in [4.78, 5) is 23.8. The second-order valence-electron chi connectivity index (χ2n) is 9.43. The lowest BCUT2D eigenvalue weighted by Crippen LogP contribution is -2.42. The second-order valence-corrected chi connectivity index (χ2v) is 9.43. The molecular formula is C20H36O4. The number of rotatable bonds is 6. The van der Waals surface area contributed by atoms with Gasteiger partial charge in [-0.25, -0.2) is 4.79 Å². The molecule has 0 aliphatic heterocycles. The molecule has 0 aromatic carbocycles. The number of ether oxygens (including phenoxy) is 2. The average Bonchev–Trinajstić information content (AvgIpc) is 2.43. The van der Waals surface area contributed by atoms with Crippen molar-refractivity contribution in [1.29, 1.82) is 0 Å². The van der Waals surface area contributed by atoms with Gasteiger partial charge in [0, 0.05) is 0 Å². The Bertz CT molecular complexity index is 447. The maximum Gasteiger partial charge on any atom is 0.344 e. The van der Waals surface area contributed by atoms with Crippen molar-refractivity contribution in [2.24, 2.45) is 16.7 Å². The van der Waals surface area contributed by atoms with Crippen molar-refractivity contribution in [2.75, 3.05) is 6.61 Å². The van der Waals surface area contributed by atoms with Crippen molar-refractivity contribution < 1.29 is 19.1 Å². The molecule has 0 amide bonds. The zero-order valence-electron chi connectivity index (χ0n) is 16.7. The SMILES string of the molecule is CCC1(C)CCCC(C(C)(C)OC(=O)COC(=O)CC(C)(C)C)C1. The lowest BCUT2D eigenvalue weighted by atomic mass is 9.65. The van der Waals surface area contributed by atoms with Gasteiger partial charge in [0.1, 0.15) is 5.60 Å². The molecule has 0 aromatic heterocycles. The van der Waals surface area contributed by atoms with E-state index in [1.165, 1.54) is 12.8 Å². The number of carbonyl (C=O) groups excluding carboxylic acids is 2. The van der Waals surface area contributed by atoms with E-state index in [0.29, 0.717) is 17.8 Å². The van der Waals surface area contributed by atoms with Crippen LogP contribution in [-0.4, -0.2) is 24.1 Å². The average molecular weight is 341 g/mol. The fourth-order valence-electron chi connectivity index (χ4n) is 3.52. The summed E-state index contributed by atoms with van der Waals surface area (Å²) in [5.41, 5.74) is -0.330. The normalized spacial score (nSPS) is 25.2. The molecule has 140 valence electrons. The highest BCUT2D eigenvalue weighted by molar-refractivity contribution is 5.76. The maximum absolute atomic E-state index is 12.1. The van der Waals surface area contributed by atoms with E-state index in [2.05, 4.69) is 13.8 Å². The highest BCUT2D eigenvalue weighted by Gasteiger charge is 2.40. The van der Waals surface area contributed by atoms with Gasteiger partial charge in [-0.15, -0.1) is 0 Å². The predicted octanol–water partition coefficient (Wildman–Crippen LogP) is 4.89. The summed E-state index contributed by atoms with van der Waals surface area (Å²) in [7, 11) is 0. The van der Waals surface area contributed by atoms with Crippen LogP contribution in [0.2, 0.25) is 0 Å². The Morgan fingerprint density at radius 2 is 1.75 bits per heavy atom. The Morgan fingerprint density at radius 3 is 2.29 bits per heavy atom. The molecule has 2 unspecified atom stereocenters. The van der Waals surface area contributed by atoms with E-state index in [9.17, 15) is 9.59 Å². The molecule has 0 aromatic rings. The molecular weight excluding hydrogens is 304 g/mol. The first-order valence-electron chi connectivity index (χ1n) is 9.24. The van der Waals surface area contributed by atoms with Gasteiger partial charge in [-0.05, 0) is 49.9 Å². The Labute approximate surface area is 147 Å². The summed E-state index contributed by atoms with van der Waals surface area (Å²) in [5.74, 6) is -0.454. The Hall–Kier alpha value is -1.06. The maximum atomic E-state index is 12.1. The Morgan fingerprint density at radius 1 is 1.12 bits per heavy atom. The monoisotopic (exact) mass is 340 g/mol. The molecule has 0 radical (unpaired) electrons. The van der Waals surface area contributed by atoms with Gasteiger partial charge >= 0.3 is 11.9 Å². The van der Waals surface area contributed by atoms with Gasteiger partial charge < -0.3 is 9.47 Å². The standard InChI is InChI=1S/C20H36O4/c1-8-20(7)11-9-10-15(12-20)19(5,6)24-17(22)14-23-16(21)13-18(2,3)4/h15H,8-14H2,1-7H3. The van der Waals surface area contributed by atoms with Gasteiger partial charge in [0.15, 0.2) is 6.61 Å². The third-order valence-electron chi connectivity index (χ3n) is 5.31. The predicted molar refractivity (Wildman–Crippen MR) is 95.6 cm³/mol. The summed E-state index contributed by atoms with van der Waals surface area (Å²) in [6, 6.07) is 0. The summed E-state index contributed by atoms with van der Waals surface area (Å²) < 4.78 is 10.7. The van der Waals surface area contributed by atoms with E-state index in [4.69, 9.17) is 9.47 Å². The first-order valence-corrected chi connectivity index (χ1v) is 9.24. The molecule has 0 saturated heterocycles. The molecule has 0 spiro atoms. The third kappa shape index (κ3) is 6.82. The van der Waals surface area contributed by atoms with Gasteiger partial charge in [0.2, 0.25) is 0 Å². The molecule has 1 aliphatic carbocycles. The molecule has 1 aliphatic rings. The van der Waals surface area contributed by atoms with Crippen LogP contribution in [0.25, 0.3) is 0 Å². The van der Waals surface area contributed by atoms with Crippen molar-refractivity contribution in [3.8, 4) is 0 Å². The van der Waals surface area contributed by atoms with Crippen molar-refractivity contribution in [2.45, 2.75) is 92.6 Å². The van der Waals surface area contributed by atoms with Crippen molar-refractivity contribution >= 4 is 11.9 Å².